The molecule has 0 unspecified atom stereocenters. The Morgan fingerprint density at radius 2 is 2.13 bits per heavy atom. The van der Waals surface area contributed by atoms with Crippen LogP contribution in [0.1, 0.15) is 5.56 Å². The summed E-state index contributed by atoms with van der Waals surface area (Å²) in [5.41, 5.74) is 0.894. The summed E-state index contributed by atoms with van der Waals surface area (Å²) in [5.74, 6) is 0.791. The van der Waals surface area contributed by atoms with Crippen LogP contribution in [-0.2, 0) is 11.2 Å². The molecule has 0 atom stereocenters. The molecule has 0 fully saturated rings. The maximum Gasteiger partial charge on any atom is 0.226 e. The summed E-state index contributed by atoms with van der Waals surface area (Å²) in [6.07, 6.45) is 0.357. The van der Waals surface area contributed by atoms with Crippen molar-refractivity contribution >= 4 is 21.8 Å². The van der Waals surface area contributed by atoms with Gasteiger partial charge < -0.3 is 9.64 Å². The monoisotopic (exact) mass is 271 g/mol. The van der Waals surface area contributed by atoms with Crippen LogP contribution in [0.25, 0.3) is 0 Å². The third-order valence-corrected chi connectivity index (χ3v) is 2.72. The summed E-state index contributed by atoms with van der Waals surface area (Å²) in [6, 6.07) is 5.68. The highest BCUT2D eigenvalue weighted by Crippen LogP contribution is 2.29. The molecule has 15 heavy (non-hydrogen) atoms. The number of methoxy groups -OCH3 is 1. The van der Waals surface area contributed by atoms with Gasteiger partial charge in [0.1, 0.15) is 5.75 Å². The lowest BCUT2D eigenvalue weighted by molar-refractivity contribution is -0.127. The maximum absolute atomic E-state index is 11.5. The molecular formula is C11H14BrNO2. The molecule has 0 saturated carbocycles. The minimum absolute atomic E-state index is 0.0615. The Morgan fingerprint density at radius 3 is 2.67 bits per heavy atom. The normalized spacial score (nSPS) is 9.87. The second-order valence-corrected chi connectivity index (χ2v) is 4.25. The van der Waals surface area contributed by atoms with Gasteiger partial charge in [-0.05, 0) is 22.0 Å². The van der Waals surface area contributed by atoms with Gasteiger partial charge in [-0.3, -0.25) is 4.79 Å². The molecule has 0 aliphatic carbocycles. The number of carbonyl (C=O) groups is 1. The van der Waals surface area contributed by atoms with E-state index in [2.05, 4.69) is 15.9 Å². The average Bonchev–Trinajstić information content (AvgIpc) is 2.18. The molecule has 1 amide bonds. The second-order valence-electron chi connectivity index (χ2n) is 3.40. The molecular weight excluding hydrogens is 258 g/mol. The van der Waals surface area contributed by atoms with Crippen molar-refractivity contribution in [2.45, 2.75) is 6.42 Å². The number of likely N-dealkylation sites (N-methyl/N-ethyl adjacent to an activating group) is 1. The van der Waals surface area contributed by atoms with Crippen molar-refractivity contribution in [1.82, 2.24) is 4.90 Å². The fourth-order valence-corrected chi connectivity index (χ4v) is 1.81. The molecule has 4 heteroatoms. The van der Waals surface area contributed by atoms with Crippen LogP contribution in [0.2, 0.25) is 0 Å². The molecule has 0 heterocycles. The number of hydrogen-bond acceptors (Lipinski definition) is 2. The summed E-state index contributed by atoms with van der Waals surface area (Å²) < 4.78 is 6.11. The van der Waals surface area contributed by atoms with E-state index in [4.69, 9.17) is 4.74 Å². The van der Waals surface area contributed by atoms with Crippen LogP contribution >= 0.6 is 15.9 Å². The lowest BCUT2D eigenvalue weighted by Crippen LogP contribution is -2.23. The van der Waals surface area contributed by atoms with Gasteiger partial charge in [-0.15, -0.1) is 0 Å². The third kappa shape index (κ3) is 2.96. The molecule has 1 aromatic rings. The van der Waals surface area contributed by atoms with Gasteiger partial charge in [0.25, 0.3) is 0 Å². The number of benzene rings is 1. The van der Waals surface area contributed by atoms with E-state index in [1.54, 1.807) is 26.1 Å². The number of ether oxygens (including phenoxy) is 1. The molecule has 0 radical (unpaired) electrons. The fourth-order valence-electron chi connectivity index (χ4n) is 1.24. The molecule has 0 aliphatic heterocycles. The molecule has 3 nitrogen and oxygen atoms in total. The lowest BCUT2D eigenvalue weighted by atomic mass is 10.1. The molecule has 82 valence electrons. The third-order valence-electron chi connectivity index (χ3n) is 2.09. The molecule has 1 rings (SSSR count). The standard InChI is InChI=1S/C11H14BrNO2/c1-13(2)10(14)7-8-5-4-6-9(12)11(8)15-3/h4-6H,7H2,1-3H3. The largest absolute Gasteiger partial charge is 0.495 e. The van der Waals surface area contributed by atoms with Crippen molar-refractivity contribution in [1.29, 1.82) is 0 Å². The van der Waals surface area contributed by atoms with Crippen molar-refractivity contribution in [2.24, 2.45) is 0 Å². The minimum atomic E-state index is 0.0615. The van der Waals surface area contributed by atoms with E-state index in [0.717, 1.165) is 15.8 Å². The summed E-state index contributed by atoms with van der Waals surface area (Å²) >= 11 is 3.38. The second kappa shape index (κ2) is 5.16. The Labute approximate surface area is 98.2 Å². The van der Waals surface area contributed by atoms with Crippen LogP contribution in [0.5, 0.6) is 5.75 Å². The van der Waals surface area contributed by atoms with Crippen molar-refractivity contribution in [3.8, 4) is 5.75 Å². The van der Waals surface area contributed by atoms with E-state index in [1.165, 1.54) is 0 Å². The molecule has 0 N–H and O–H groups in total. The van der Waals surface area contributed by atoms with Crippen LogP contribution in [-0.4, -0.2) is 32.0 Å². The average molecular weight is 272 g/mol. The Morgan fingerprint density at radius 1 is 1.47 bits per heavy atom. The number of amides is 1. The highest BCUT2D eigenvalue weighted by molar-refractivity contribution is 9.10. The van der Waals surface area contributed by atoms with E-state index in [0.29, 0.717) is 6.42 Å². The Balaban J connectivity index is 2.94. The maximum atomic E-state index is 11.5. The van der Waals surface area contributed by atoms with Crippen molar-refractivity contribution in [3.05, 3.63) is 28.2 Å². The molecule has 1 aromatic carbocycles. The molecule has 0 bridgehead atoms. The zero-order valence-corrected chi connectivity index (χ0v) is 10.7. The predicted octanol–water partition coefficient (Wildman–Crippen LogP) is 2.09. The van der Waals surface area contributed by atoms with Gasteiger partial charge in [0, 0.05) is 19.7 Å². The van der Waals surface area contributed by atoms with Crippen molar-refractivity contribution < 1.29 is 9.53 Å². The van der Waals surface area contributed by atoms with E-state index in [1.807, 2.05) is 18.2 Å². The van der Waals surface area contributed by atoms with Gasteiger partial charge >= 0.3 is 0 Å². The van der Waals surface area contributed by atoms with Gasteiger partial charge in [0.05, 0.1) is 18.0 Å². The van der Waals surface area contributed by atoms with Gasteiger partial charge in [-0.1, -0.05) is 12.1 Å². The number of hydrogen-bond donors (Lipinski definition) is 0. The highest BCUT2D eigenvalue weighted by atomic mass is 79.9. The van der Waals surface area contributed by atoms with Gasteiger partial charge in [-0.2, -0.15) is 0 Å². The molecule has 0 spiro atoms. The van der Waals surface area contributed by atoms with E-state index in [9.17, 15) is 4.79 Å². The first kappa shape index (κ1) is 12.0. The zero-order chi connectivity index (χ0) is 11.4. The van der Waals surface area contributed by atoms with Crippen molar-refractivity contribution in [2.75, 3.05) is 21.2 Å². The summed E-state index contributed by atoms with van der Waals surface area (Å²) in [4.78, 5) is 13.1. The van der Waals surface area contributed by atoms with Crippen LogP contribution in [0, 0.1) is 0 Å². The Kier molecular flexibility index (Phi) is 4.15. The number of carbonyl (C=O) groups excluding carboxylic acids is 1. The number of nitrogens with zero attached hydrogens (tertiary/aromatic N) is 1. The summed E-state index contributed by atoms with van der Waals surface area (Å²) in [7, 11) is 5.09. The van der Waals surface area contributed by atoms with Crippen LogP contribution < -0.4 is 4.74 Å². The first-order chi connectivity index (χ1) is 7.06. The topological polar surface area (TPSA) is 29.5 Å². The van der Waals surface area contributed by atoms with E-state index >= 15 is 0 Å². The van der Waals surface area contributed by atoms with Gasteiger partial charge in [0.15, 0.2) is 0 Å². The molecule has 0 aliphatic rings. The highest BCUT2D eigenvalue weighted by Gasteiger charge is 2.11. The number of halogens is 1. The Hall–Kier alpha value is -1.03. The fraction of sp³-hybridized carbons (Fsp3) is 0.364. The summed E-state index contributed by atoms with van der Waals surface area (Å²) in [5, 5.41) is 0. The zero-order valence-electron chi connectivity index (χ0n) is 9.08. The Bertz CT molecular complexity index is 364. The minimum Gasteiger partial charge on any atom is -0.495 e. The van der Waals surface area contributed by atoms with Crippen LogP contribution in [0.4, 0.5) is 0 Å². The lowest BCUT2D eigenvalue weighted by Gasteiger charge is -2.13. The number of rotatable bonds is 3. The molecule has 0 saturated heterocycles. The van der Waals surface area contributed by atoms with Crippen LogP contribution in [0.15, 0.2) is 22.7 Å². The van der Waals surface area contributed by atoms with Gasteiger partial charge in [0.2, 0.25) is 5.91 Å². The van der Waals surface area contributed by atoms with Gasteiger partial charge in [-0.25, -0.2) is 0 Å². The van der Waals surface area contributed by atoms with Crippen molar-refractivity contribution in [3.63, 3.8) is 0 Å². The summed E-state index contributed by atoms with van der Waals surface area (Å²) in [6.45, 7) is 0. The van der Waals surface area contributed by atoms with Crippen LogP contribution in [0.3, 0.4) is 0 Å². The smallest absolute Gasteiger partial charge is 0.226 e. The molecule has 0 aromatic heterocycles. The van der Waals surface area contributed by atoms with E-state index in [-0.39, 0.29) is 5.91 Å². The SMILES string of the molecule is COc1c(Br)cccc1CC(=O)N(C)C. The first-order valence-corrected chi connectivity index (χ1v) is 5.37. The quantitative estimate of drug-likeness (QED) is 0.843. The first-order valence-electron chi connectivity index (χ1n) is 4.57. The number of para-hydroxylation sites is 1. The predicted molar refractivity (Wildman–Crippen MR) is 63.1 cm³/mol. The van der Waals surface area contributed by atoms with E-state index < -0.39 is 0 Å².